The second-order valence-electron chi connectivity index (χ2n) is 4.37. The van der Waals surface area contributed by atoms with Crippen molar-refractivity contribution in [3.8, 4) is 0 Å². The van der Waals surface area contributed by atoms with Crippen molar-refractivity contribution in [2.24, 2.45) is 0 Å². The number of Topliss-reactive ketones (excluding diaryl/α,β-unsaturated/α-hetero) is 1. The van der Waals surface area contributed by atoms with Crippen LogP contribution in [0.2, 0.25) is 0 Å². The Morgan fingerprint density at radius 2 is 2.00 bits per heavy atom. The summed E-state index contributed by atoms with van der Waals surface area (Å²) in [5.74, 6) is -0.495. The van der Waals surface area contributed by atoms with Crippen molar-refractivity contribution in [2.45, 2.75) is 12.8 Å². The third kappa shape index (κ3) is 3.58. The molecule has 0 radical (unpaired) electrons. The Labute approximate surface area is 131 Å². The summed E-state index contributed by atoms with van der Waals surface area (Å²) in [7, 11) is 0. The second kappa shape index (κ2) is 6.86. The minimum absolute atomic E-state index is 0.0735. The van der Waals surface area contributed by atoms with E-state index >= 15 is 0 Å². The van der Waals surface area contributed by atoms with Crippen molar-refractivity contribution in [3.63, 3.8) is 0 Å². The van der Waals surface area contributed by atoms with Gasteiger partial charge >= 0.3 is 0 Å². The number of hydrogen-bond donors (Lipinski definition) is 0. The molecule has 0 aliphatic heterocycles. The predicted octanol–water partition coefficient (Wildman–Crippen LogP) is 4.75. The summed E-state index contributed by atoms with van der Waals surface area (Å²) in [6.07, 6.45) is 0.932. The number of carbonyl (C=O) groups is 1. The van der Waals surface area contributed by atoms with Crippen LogP contribution in [0.25, 0.3) is 0 Å². The second-order valence-corrected chi connectivity index (χ2v) is 5.46. The van der Waals surface area contributed by atoms with Crippen LogP contribution in [0.1, 0.15) is 27.9 Å². The first-order valence-electron chi connectivity index (χ1n) is 6.13. The molecule has 0 heterocycles. The lowest BCUT2D eigenvalue weighted by Gasteiger charge is -2.05. The quantitative estimate of drug-likeness (QED) is 0.571. The van der Waals surface area contributed by atoms with Crippen LogP contribution in [0.15, 0.2) is 46.9 Å². The van der Waals surface area contributed by atoms with Crippen molar-refractivity contribution in [1.29, 1.82) is 0 Å². The smallest absolute Gasteiger partial charge is 0.163 e. The molecule has 0 aliphatic carbocycles. The highest BCUT2D eigenvalue weighted by Crippen LogP contribution is 2.18. The third-order valence-corrected chi connectivity index (χ3v) is 3.94. The van der Waals surface area contributed by atoms with Gasteiger partial charge in [-0.05, 0) is 45.6 Å². The first-order valence-corrected chi connectivity index (χ1v) is 7.39. The van der Waals surface area contributed by atoms with Crippen LogP contribution in [0, 0.1) is 5.82 Å². The van der Waals surface area contributed by atoms with Gasteiger partial charge in [0.25, 0.3) is 0 Å². The molecule has 0 spiro atoms. The molecular weight excluding hydrogens is 339 g/mol. The van der Waals surface area contributed by atoms with Gasteiger partial charge in [-0.15, -0.1) is 0 Å². The number of benzene rings is 2. The summed E-state index contributed by atoms with van der Waals surface area (Å²) in [4.78, 5) is 12.1. The molecule has 2 rings (SSSR count). The summed E-state index contributed by atoms with van der Waals surface area (Å²) < 4.78 is 13.8. The summed E-state index contributed by atoms with van der Waals surface area (Å²) >= 11 is 8.02. The van der Waals surface area contributed by atoms with Crippen LogP contribution in [0.5, 0.6) is 0 Å². The molecule has 20 heavy (non-hydrogen) atoms. The molecule has 0 saturated heterocycles. The van der Waals surface area contributed by atoms with E-state index in [4.69, 9.17) is 12.2 Å². The Balaban J connectivity index is 2.08. The summed E-state index contributed by atoms with van der Waals surface area (Å²) in [6, 6.07) is 12.1. The third-order valence-electron chi connectivity index (χ3n) is 3.05. The molecule has 0 bridgehead atoms. The Morgan fingerprint density at radius 1 is 1.25 bits per heavy atom. The van der Waals surface area contributed by atoms with Gasteiger partial charge < -0.3 is 0 Å². The average molecular weight is 351 g/mol. The molecule has 2 aromatic rings. The van der Waals surface area contributed by atoms with Gasteiger partial charge in [0, 0.05) is 17.4 Å². The highest BCUT2D eigenvalue weighted by Gasteiger charge is 2.10. The topological polar surface area (TPSA) is 17.1 Å². The Morgan fingerprint density at radius 3 is 2.70 bits per heavy atom. The van der Waals surface area contributed by atoms with E-state index in [0.29, 0.717) is 22.9 Å². The standard InChI is InChI=1S/C16H12BrFOS/c17-14-7-5-12(9-15(14)18)16(19)8-6-11-3-1-2-4-13(11)10-20/h1-5,7,9-10H,6,8H2. The Bertz CT molecular complexity index is 655. The van der Waals surface area contributed by atoms with Gasteiger partial charge in [0.15, 0.2) is 5.78 Å². The van der Waals surface area contributed by atoms with E-state index < -0.39 is 5.82 Å². The lowest BCUT2D eigenvalue weighted by molar-refractivity contribution is 0.0982. The maximum absolute atomic E-state index is 13.4. The first-order chi connectivity index (χ1) is 9.61. The predicted molar refractivity (Wildman–Crippen MR) is 86.0 cm³/mol. The number of rotatable bonds is 5. The van der Waals surface area contributed by atoms with Crippen molar-refractivity contribution in [2.75, 3.05) is 0 Å². The highest BCUT2D eigenvalue weighted by atomic mass is 79.9. The number of carbonyl (C=O) groups excluding carboxylic acids is 1. The first kappa shape index (κ1) is 15.0. The van der Waals surface area contributed by atoms with E-state index in [9.17, 15) is 9.18 Å². The fourth-order valence-electron chi connectivity index (χ4n) is 1.94. The van der Waals surface area contributed by atoms with Crippen LogP contribution in [-0.2, 0) is 6.42 Å². The number of ketones is 1. The average Bonchev–Trinajstić information content (AvgIpc) is 2.47. The number of aryl methyl sites for hydroxylation is 1. The SMILES string of the molecule is O=C(CCc1ccccc1C=S)c1ccc(Br)c(F)c1. The molecule has 2 aromatic carbocycles. The zero-order valence-electron chi connectivity index (χ0n) is 10.6. The maximum Gasteiger partial charge on any atom is 0.163 e. The largest absolute Gasteiger partial charge is 0.294 e. The molecule has 0 aromatic heterocycles. The maximum atomic E-state index is 13.4. The zero-order chi connectivity index (χ0) is 14.5. The molecule has 0 fully saturated rings. The fraction of sp³-hybridized carbons (Fsp3) is 0.125. The summed E-state index contributed by atoms with van der Waals surface area (Å²) in [5, 5.41) is 1.61. The van der Waals surface area contributed by atoms with Crippen molar-refractivity contribution >= 4 is 39.3 Å². The lowest BCUT2D eigenvalue weighted by atomic mass is 10.00. The number of halogens is 2. The van der Waals surface area contributed by atoms with Crippen molar-refractivity contribution in [3.05, 3.63) is 69.4 Å². The van der Waals surface area contributed by atoms with E-state index in [2.05, 4.69) is 15.9 Å². The molecular formula is C16H12BrFOS. The molecule has 102 valence electrons. The number of thiocarbonyl (C=S) groups is 1. The number of hydrogen-bond acceptors (Lipinski definition) is 2. The van der Waals surface area contributed by atoms with E-state index in [1.807, 2.05) is 24.3 Å². The lowest BCUT2D eigenvalue weighted by Crippen LogP contribution is -2.03. The van der Waals surface area contributed by atoms with Crippen LogP contribution in [0.4, 0.5) is 4.39 Å². The Hall–Kier alpha value is -1.39. The van der Waals surface area contributed by atoms with E-state index in [-0.39, 0.29) is 5.78 Å². The van der Waals surface area contributed by atoms with Crippen LogP contribution in [0.3, 0.4) is 0 Å². The molecule has 0 aliphatic rings. The molecule has 0 saturated carbocycles. The van der Waals surface area contributed by atoms with E-state index in [1.165, 1.54) is 6.07 Å². The van der Waals surface area contributed by atoms with Crippen molar-refractivity contribution in [1.82, 2.24) is 0 Å². The monoisotopic (exact) mass is 350 g/mol. The van der Waals surface area contributed by atoms with Gasteiger partial charge in [0.05, 0.1) is 4.47 Å². The van der Waals surface area contributed by atoms with Gasteiger partial charge in [0.2, 0.25) is 0 Å². The molecule has 0 atom stereocenters. The Kier molecular flexibility index (Phi) is 5.15. The minimum Gasteiger partial charge on any atom is -0.294 e. The highest BCUT2D eigenvalue weighted by molar-refractivity contribution is 9.10. The zero-order valence-corrected chi connectivity index (χ0v) is 13.0. The molecule has 0 amide bonds. The van der Waals surface area contributed by atoms with Crippen LogP contribution >= 0.6 is 28.1 Å². The molecule has 1 nitrogen and oxygen atoms in total. The van der Waals surface area contributed by atoms with Gasteiger partial charge in [-0.1, -0.05) is 42.5 Å². The van der Waals surface area contributed by atoms with E-state index in [1.54, 1.807) is 17.5 Å². The van der Waals surface area contributed by atoms with Crippen molar-refractivity contribution < 1.29 is 9.18 Å². The molecule has 0 unspecified atom stereocenters. The normalized spacial score (nSPS) is 10.3. The van der Waals surface area contributed by atoms with Crippen LogP contribution in [-0.4, -0.2) is 11.2 Å². The van der Waals surface area contributed by atoms with Gasteiger partial charge in [-0.3, -0.25) is 4.79 Å². The van der Waals surface area contributed by atoms with Gasteiger partial charge in [-0.2, -0.15) is 0 Å². The van der Waals surface area contributed by atoms with Gasteiger partial charge in [-0.25, -0.2) is 4.39 Å². The van der Waals surface area contributed by atoms with Crippen LogP contribution < -0.4 is 0 Å². The molecule has 4 heteroatoms. The summed E-state index contributed by atoms with van der Waals surface area (Å²) in [6.45, 7) is 0. The minimum atomic E-state index is -0.421. The fourth-order valence-corrected chi connectivity index (χ4v) is 2.42. The summed E-state index contributed by atoms with van der Waals surface area (Å²) in [5.41, 5.74) is 2.39. The molecule has 0 N–H and O–H groups in total. The van der Waals surface area contributed by atoms with E-state index in [0.717, 1.165) is 11.1 Å². The van der Waals surface area contributed by atoms with Gasteiger partial charge in [0.1, 0.15) is 5.82 Å².